The Bertz CT molecular complexity index is 180. The fourth-order valence-corrected chi connectivity index (χ4v) is 2.09. The van der Waals surface area contributed by atoms with E-state index in [-0.39, 0.29) is 6.61 Å². The molecule has 3 N–H and O–H groups in total. The van der Waals surface area contributed by atoms with Gasteiger partial charge in [-0.05, 0) is 6.54 Å². The molecule has 0 radical (unpaired) electrons. The van der Waals surface area contributed by atoms with Gasteiger partial charge in [0, 0.05) is 58.9 Å². The number of β-amino-alcohol motifs (C(OH)–C–C–N with tert-alkyl or cyclic N) is 1. The third-order valence-corrected chi connectivity index (χ3v) is 3.28. The monoisotopic (exact) mass is 244 g/mol. The van der Waals surface area contributed by atoms with Crippen molar-refractivity contribution in [3.05, 3.63) is 0 Å². The molecular formula is C12H28N4O. The molecule has 1 rings (SSSR count). The van der Waals surface area contributed by atoms with Crippen LogP contribution in [0.15, 0.2) is 0 Å². The zero-order valence-corrected chi connectivity index (χ0v) is 11.1. The van der Waals surface area contributed by atoms with Crippen LogP contribution in [0, 0.1) is 0 Å². The summed E-state index contributed by atoms with van der Waals surface area (Å²) in [7, 11) is 0. The van der Waals surface area contributed by atoms with Crippen molar-refractivity contribution in [2.24, 2.45) is 0 Å². The summed E-state index contributed by atoms with van der Waals surface area (Å²) in [5.74, 6) is 0. The summed E-state index contributed by atoms with van der Waals surface area (Å²) in [4.78, 5) is 4.80. The van der Waals surface area contributed by atoms with Crippen LogP contribution in [-0.4, -0.2) is 87.0 Å². The van der Waals surface area contributed by atoms with Gasteiger partial charge >= 0.3 is 0 Å². The van der Waals surface area contributed by atoms with E-state index in [0.717, 1.165) is 65.4 Å². The lowest BCUT2D eigenvalue weighted by Gasteiger charge is -2.27. The molecule has 0 unspecified atom stereocenters. The van der Waals surface area contributed by atoms with E-state index in [1.54, 1.807) is 0 Å². The quantitative estimate of drug-likeness (QED) is 0.582. The first-order valence-electron chi connectivity index (χ1n) is 6.83. The third kappa shape index (κ3) is 6.95. The van der Waals surface area contributed by atoms with Crippen molar-refractivity contribution in [1.29, 1.82) is 0 Å². The number of hydrogen-bond acceptors (Lipinski definition) is 5. The molecule has 0 bridgehead atoms. The standard InChI is InChI=1S/C12H28N4O/c1-2-15-7-5-13-3-4-14-6-8-16(10-9-15)11-12-17/h13-14,17H,2-12H2,1H3. The van der Waals surface area contributed by atoms with Crippen molar-refractivity contribution in [3.8, 4) is 0 Å². The number of aliphatic hydroxyl groups is 1. The number of nitrogens with zero attached hydrogens (tertiary/aromatic N) is 2. The lowest BCUT2D eigenvalue weighted by molar-refractivity contribution is 0.169. The molecule has 102 valence electrons. The fourth-order valence-electron chi connectivity index (χ4n) is 2.09. The fraction of sp³-hybridized carbons (Fsp3) is 1.00. The van der Waals surface area contributed by atoms with Crippen LogP contribution in [0.1, 0.15) is 6.92 Å². The Morgan fingerprint density at radius 3 is 2.06 bits per heavy atom. The summed E-state index contributed by atoms with van der Waals surface area (Å²) in [6.07, 6.45) is 0. The van der Waals surface area contributed by atoms with E-state index < -0.39 is 0 Å². The molecule has 1 aliphatic rings. The first-order chi connectivity index (χ1) is 8.36. The number of aliphatic hydroxyl groups excluding tert-OH is 1. The van der Waals surface area contributed by atoms with Gasteiger partial charge in [-0.15, -0.1) is 0 Å². The van der Waals surface area contributed by atoms with E-state index in [4.69, 9.17) is 5.11 Å². The Balaban J connectivity index is 2.35. The second-order valence-electron chi connectivity index (χ2n) is 4.50. The zero-order valence-electron chi connectivity index (χ0n) is 11.1. The molecule has 1 aliphatic heterocycles. The second kappa shape index (κ2) is 9.79. The Morgan fingerprint density at radius 1 is 0.882 bits per heavy atom. The normalized spacial score (nSPS) is 22.9. The van der Waals surface area contributed by atoms with Crippen LogP contribution in [0.3, 0.4) is 0 Å². The van der Waals surface area contributed by atoms with Crippen LogP contribution >= 0.6 is 0 Å². The Kier molecular flexibility index (Phi) is 8.56. The molecule has 0 saturated carbocycles. The molecule has 0 aliphatic carbocycles. The van der Waals surface area contributed by atoms with Gasteiger partial charge in [0.05, 0.1) is 6.61 Å². The van der Waals surface area contributed by atoms with Gasteiger partial charge in [0.25, 0.3) is 0 Å². The average Bonchev–Trinajstić information content (AvgIpc) is 2.33. The number of nitrogens with one attached hydrogen (secondary N) is 2. The molecule has 5 nitrogen and oxygen atoms in total. The highest BCUT2D eigenvalue weighted by Gasteiger charge is 2.08. The first-order valence-corrected chi connectivity index (χ1v) is 6.83. The minimum absolute atomic E-state index is 0.258. The molecule has 0 amide bonds. The van der Waals surface area contributed by atoms with Gasteiger partial charge in [-0.25, -0.2) is 0 Å². The number of hydrogen-bond donors (Lipinski definition) is 3. The summed E-state index contributed by atoms with van der Waals surface area (Å²) in [6.45, 7) is 12.8. The van der Waals surface area contributed by atoms with Crippen LogP contribution in [0.5, 0.6) is 0 Å². The third-order valence-electron chi connectivity index (χ3n) is 3.28. The molecule has 0 aromatic rings. The minimum atomic E-state index is 0.258. The SMILES string of the molecule is CCN1CCNCCNCCN(CCO)CC1. The highest BCUT2D eigenvalue weighted by Crippen LogP contribution is 1.92. The van der Waals surface area contributed by atoms with Gasteiger partial charge in [0.15, 0.2) is 0 Å². The van der Waals surface area contributed by atoms with Crippen molar-refractivity contribution in [2.45, 2.75) is 6.92 Å². The summed E-state index contributed by atoms with van der Waals surface area (Å²) in [5, 5.41) is 15.9. The predicted molar refractivity (Wildman–Crippen MR) is 71.4 cm³/mol. The van der Waals surface area contributed by atoms with Gasteiger partial charge in [-0.1, -0.05) is 6.92 Å². The summed E-state index contributed by atoms with van der Waals surface area (Å²) >= 11 is 0. The second-order valence-corrected chi connectivity index (χ2v) is 4.50. The minimum Gasteiger partial charge on any atom is -0.395 e. The van der Waals surface area contributed by atoms with Gasteiger partial charge in [-0.3, -0.25) is 4.90 Å². The molecule has 1 fully saturated rings. The molecule has 0 spiro atoms. The lowest BCUT2D eigenvalue weighted by Crippen LogP contribution is -2.44. The van der Waals surface area contributed by atoms with Crippen molar-refractivity contribution in [1.82, 2.24) is 20.4 Å². The largest absolute Gasteiger partial charge is 0.395 e. The first kappa shape index (κ1) is 14.9. The van der Waals surface area contributed by atoms with E-state index >= 15 is 0 Å². The van der Waals surface area contributed by atoms with Gasteiger partial charge < -0.3 is 20.6 Å². The van der Waals surface area contributed by atoms with Gasteiger partial charge in [0.2, 0.25) is 0 Å². The summed E-state index contributed by atoms with van der Waals surface area (Å²) in [5.41, 5.74) is 0. The molecule has 5 heteroatoms. The van der Waals surface area contributed by atoms with E-state index in [2.05, 4.69) is 27.4 Å². The van der Waals surface area contributed by atoms with Crippen LogP contribution in [0.4, 0.5) is 0 Å². The molecule has 1 saturated heterocycles. The van der Waals surface area contributed by atoms with E-state index in [0.29, 0.717) is 0 Å². The smallest absolute Gasteiger partial charge is 0.0558 e. The molecular weight excluding hydrogens is 216 g/mol. The van der Waals surface area contributed by atoms with Crippen LogP contribution in [-0.2, 0) is 0 Å². The highest BCUT2D eigenvalue weighted by atomic mass is 16.3. The molecule has 1 heterocycles. The maximum atomic E-state index is 9.04. The molecule has 0 aromatic heterocycles. The van der Waals surface area contributed by atoms with E-state index in [1.165, 1.54) is 0 Å². The van der Waals surface area contributed by atoms with E-state index in [9.17, 15) is 0 Å². The maximum Gasteiger partial charge on any atom is 0.0558 e. The summed E-state index contributed by atoms with van der Waals surface area (Å²) in [6, 6.07) is 0. The molecule has 17 heavy (non-hydrogen) atoms. The average molecular weight is 244 g/mol. The van der Waals surface area contributed by atoms with Crippen molar-refractivity contribution >= 4 is 0 Å². The molecule has 0 atom stereocenters. The molecule has 0 aromatic carbocycles. The lowest BCUT2D eigenvalue weighted by atomic mass is 10.3. The van der Waals surface area contributed by atoms with Crippen molar-refractivity contribution < 1.29 is 5.11 Å². The Hall–Kier alpha value is -0.200. The summed E-state index contributed by atoms with van der Waals surface area (Å²) < 4.78 is 0. The van der Waals surface area contributed by atoms with Crippen molar-refractivity contribution in [2.75, 3.05) is 72.1 Å². The van der Waals surface area contributed by atoms with Crippen molar-refractivity contribution in [3.63, 3.8) is 0 Å². The maximum absolute atomic E-state index is 9.04. The Labute approximate surface area is 105 Å². The van der Waals surface area contributed by atoms with Gasteiger partial charge in [-0.2, -0.15) is 0 Å². The highest BCUT2D eigenvalue weighted by molar-refractivity contribution is 4.66. The number of rotatable bonds is 3. The topological polar surface area (TPSA) is 50.8 Å². The zero-order chi connectivity index (χ0) is 12.3. The number of likely N-dealkylation sites (N-methyl/N-ethyl adjacent to an activating group) is 1. The van der Waals surface area contributed by atoms with Crippen LogP contribution in [0.2, 0.25) is 0 Å². The van der Waals surface area contributed by atoms with Gasteiger partial charge in [0.1, 0.15) is 0 Å². The van der Waals surface area contributed by atoms with Crippen LogP contribution in [0.25, 0.3) is 0 Å². The van der Waals surface area contributed by atoms with Crippen LogP contribution < -0.4 is 10.6 Å². The predicted octanol–water partition coefficient (Wildman–Crippen LogP) is -1.20. The Morgan fingerprint density at radius 2 is 1.47 bits per heavy atom. The van der Waals surface area contributed by atoms with E-state index in [1.807, 2.05) is 0 Å².